The number of hydrogen-bond donors (Lipinski definition) is 1. The maximum absolute atomic E-state index is 5.85. The van der Waals surface area contributed by atoms with E-state index >= 15 is 0 Å². The largest absolute Gasteiger partial charge is 0.493 e. The van der Waals surface area contributed by atoms with Crippen molar-refractivity contribution in [1.82, 2.24) is 0 Å². The van der Waals surface area contributed by atoms with Crippen LogP contribution in [-0.4, -0.2) is 20.3 Å². The summed E-state index contributed by atoms with van der Waals surface area (Å²) in [6.07, 6.45) is 2.85. The van der Waals surface area contributed by atoms with Gasteiger partial charge in [0, 0.05) is 11.6 Å². The molecule has 1 rings (SSSR count). The molecule has 0 saturated heterocycles. The number of halogens is 1. The molecule has 0 amide bonds. The molecule has 0 spiro atoms. The smallest absolute Gasteiger partial charge is 0.168 e. The number of methoxy groups -OCH3 is 2. The Labute approximate surface area is 122 Å². The minimum Gasteiger partial charge on any atom is -0.493 e. The average molecular weight is 286 g/mol. The van der Waals surface area contributed by atoms with Gasteiger partial charge in [0.2, 0.25) is 0 Å². The molecule has 108 valence electrons. The summed E-state index contributed by atoms with van der Waals surface area (Å²) >= 11 is 0. The first kappa shape index (κ1) is 17.8. The van der Waals surface area contributed by atoms with Gasteiger partial charge in [0.25, 0.3) is 0 Å². The van der Waals surface area contributed by atoms with Crippen molar-refractivity contribution in [2.45, 2.75) is 33.2 Å². The van der Waals surface area contributed by atoms with Crippen molar-refractivity contribution in [2.24, 2.45) is 5.73 Å². The van der Waals surface area contributed by atoms with E-state index in [1.54, 1.807) is 14.2 Å². The molecule has 0 aliphatic carbocycles. The van der Waals surface area contributed by atoms with Crippen molar-refractivity contribution in [1.29, 1.82) is 0 Å². The van der Waals surface area contributed by atoms with E-state index in [2.05, 4.69) is 26.0 Å². The van der Waals surface area contributed by atoms with Gasteiger partial charge in [0.1, 0.15) is 0 Å². The van der Waals surface area contributed by atoms with Crippen LogP contribution < -0.4 is 15.2 Å². The molecule has 2 N–H and O–H groups in total. The lowest BCUT2D eigenvalue weighted by Crippen LogP contribution is -2.18. The Kier molecular flexibility index (Phi) is 7.57. The van der Waals surface area contributed by atoms with E-state index < -0.39 is 0 Å². The van der Waals surface area contributed by atoms with Crippen LogP contribution in [0.2, 0.25) is 0 Å². The molecule has 19 heavy (non-hydrogen) atoms. The Hall–Kier alpha value is -1.19. The number of benzene rings is 1. The molecule has 3 nitrogen and oxygen atoms in total. The molecule has 1 atom stereocenters. The van der Waals surface area contributed by atoms with Crippen LogP contribution in [0.25, 0.3) is 6.08 Å². The van der Waals surface area contributed by atoms with E-state index in [1.807, 2.05) is 13.0 Å². The Balaban J connectivity index is 0.00000324. The number of ether oxygens (including phenoxy) is 2. The van der Waals surface area contributed by atoms with Crippen LogP contribution in [0.15, 0.2) is 17.7 Å². The SMILES string of the molecule is COc1c(C=C(C)C)ccc(CC(C)N)c1OC.Cl. The maximum Gasteiger partial charge on any atom is 0.168 e. The fourth-order valence-electron chi connectivity index (χ4n) is 1.99. The van der Waals surface area contributed by atoms with Crippen molar-refractivity contribution in [2.75, 3.05) is 14.2 Å². The van der Waals surface area contributed by atoms with E-state index in [0.29, 0.717) is 0 Å². The third kappa shape index (κ3) is 4.77. The number of rotatable bonds is 5. The molecule has 0 bridgehead atoms. The molecule has 1 unspecified atom stereocenters. The normalized spacial score (nSPS) is 11.3. The lowest BCUT2D eigenvalue weighted by atomic mass is 10.0. The first-order valence-corrected chi connectivity index (χ1v) is 6.14. The van der Waals surface area contributed by atoms with E-state index in [-0.39, 0.29) is 18.4 Å². The highest BCUT2D eigenvalue weighted by atomic mass is 35.5. The fraction of sp³-hybridized carbons (Fsp3) is 0.467. The molecule has 0 aromatic heterocycles. The lowest BCUT2D eigenvalue weighted by Gasteiger charge is -2.16. The van der Waals surface area contributed by atoms with Gasteiger partial charge >= 0.3 is 0 Å². The first-order valence-electron chi connectivity index (χ1n) is 6.14. The van der Waals surface area contributed by atoms with Crippen molar-refractivity contribution in [3.8, 4) is 11.5 Å². The lowest BCUT2D eigenvalue weighted by molar-refractivity contribution is 0.350. The van der Waals surface area contributed by atoms with E-state index in [0.717, 1.165) is 29.0 Å². The Bertz CT molecular complexity index is 438. The monoisotopic (exact) mass is 285 g/mol. The Morgan fingerprint density at radius 1 is 1.21 bits per heavy atom. The third-order valence-electron chi connectivity index (χ3n) is 2.62. The molecule has 1 aromatic carbocycles. The summed E-state index contributed by atoms with van der Waals surface area (Å²) < 4.78 is 11.0. The van der Waals surface area contributed by atoms with Crippen molar-refractivity contribution in [3.05, 3.63) is 28.8 Å². The summed E-state index contributed by atoms with van der Waals surface area (Å²) in [6, 6.07) is 4.20. The summed E-state index contributed by atoms with van der Waals surface area (Å²) in [5.74, 6) is 1.56. The Morgan fingerprint density at radius 3 is 2.21 bits per heavy atom. The molecular weight excluding hydrogens is 262 g/mol. The molecular formula is C15H24ClNO2. The van der Waals surface area contributed by atoms with Gasteiger partial charge in [-0.05, 0) is 32.8 Å². The second-order valence-electron chi connectivity index (χ2n) is 4.78. The van der Waals surface area contributed by atoms with Crippen LogP contribution >= 0.6 is 12.4 Å². The number of nitrogens with two attached hydrogens (primary N) is 1. The molecule has 0 fully saturated rings. The highest BCUT2D eigenvalue weighted by Gasteiger charge is 2.14. The molecule has 0 heterocycles. The first-order chi connectivity index (χ1) is 8.49. The zero-order valence-electron chi connectivity index (χ0n) is 12.3. The number of allylic oxidation sites excluding steroid dienone is 1. The van der Waals surface area contributed by atoms with Crippen LogP contribution in [0.1, 0.15) is 31.9 Å². The van der Waals surface area contributed by atoms with Crippen LogP contribution in [0, 0.1) is 0 Å². The van der Waals surface area contributed by atoms with Gasteiger partial charge in [-0.15, -0.1) is 12.4 Å². The molecule has 0 aliphatic heterocycles. The molecule has 1 aromatic rings. The minimum atomic E-state index is 0. The second-order valence-corrected chi connectivity index (χ2v) is 4.78. The van der Waals surface area contributed by atoms with E-state index in [4.69, 9.17) is 15.2 Å². The van der Waals surface area contributed by atoms with Crippen LogP contribution in [0.3, 0.4) is 0 Å². The van der Waals surface area contributed by atoms with E-state index in [1.165, 1.54) is 5.57 Å². The van der Waals surface area contributed by atoms with Gasteiger partial charge in [-0.25, -0.2) is 0 Å². The summed E-state index contributed by atoms with van der Waals surface area (Å²) in [5.41, 5.74) is 9.18. The predicted molar refractivity (Wildman–Crippen MR) is 83.5 cm³/mol. The molecule has 4 heteroatoms. The van der Waals surface area contributed by atoms with Gasteiger partial charge in [-0.1, -0.05) is 23.8 Å². The van der Waals surface area contributed by atoms with E-state index in [9.17, 15) is 0 Å². The summed E-state index contributed by atoms with van der Waals surface area (Å²) in [5, 5.41) is 0. The van der Waals surface area contributed by atoms with Gasteiger partial charge in [0.15, 0.2) is 11.5 Å². The van der Waals surface area contributed by atoms with Gasteiger partial charge in [-0.2, -0.15) is 0 Å². The van der Waals surface area contributed by atoms with Crippen molar-refractivity contribution in [3.63, 3.8) is 0 Å². The topological polar surface area (TPSA) is 44.5 Å². The van der Waals surface area contributed by atoms with Crippen LogP contribution in [-0.2, 0) is 6.42 Å². The summed E-state index contributed by atoms with van der Waals surface area (Å²) in [7, 11) is 3.32. The molecule has 0 radical (unpaired) electrons. The summed E-state index contributed by atoms with van der Waals surface area (Å²) in [4.78, 5) is 0. The zero-order valence-corrected chi connectivity index (χ0v) is 13.1. The minimum absolute atomic E-state index is 0. The van der Waals surface area contributed by atoms with Gasteiger partial charge in [0.05, 0.1) is 14.2 Å². The van der Waals surface area contributed by atoms with Gasteiger partial charge in [-0.3, -0.25) is 0 Å². The van der Waals surface area contributed by atoms with Crippen molar-refractivity contribution < 1.29 is 9.47 Å². The fourth-order valence-corrected chi connectivity index (χ4v) is 1.99. The third-order valence-corrected chi connectivity index (χ3v) is 2.62. The second kappa shape index (κ2) is 8.08. The van der Waals surface area contributed by atoms with Gasteiger partial charge < -0.3 is 15.2 Å². The summed E-state index contributed by atoms with van der Waals surface area (Å²) in [6.45, 7) is 6.10. The highest BCUT2D eigenvalue weighted by molar-refractivity contribution is 5.85. The highest BCUT2D eigenvalue weighted by Crippen LogP contribution is 2.36. The Morgan fingerprint density at radius 2 is 1.79 bits per heavy atom. The quantitative estimate of drug-likeness (QED) is 0.901. The molecule has 0 saturated carbocycles. The standard InChI is InChI=1S/C15H23NO2.ClH/c1-10(2)8-12-6-7-13(9-11(3)16)15(18-5)14(12)17-4;/h6-8,11H,9,16H2,1-5H3;1H. The number of hydrogen-bond acceptors (Lipinski definition) is 3. The van der Waals surface area contributed by atoms with Crippen LogP contribution in [0.4, 0.5) is 0 Å². The zero-order chi connectivity index (χ0) is 13.7. The van der Waals surface area contributed by atoms with Crippen LogP contribution in [0.5, 0.6) is 11.5 Å². The van der Waals surface area contributed by atoms with Crippen molar-refractivity contribution >= 4 is 18.5 Å². The average Bonchev–Trinajstić information content (AvgIpc) is 2.29. The maximum atomic E-state index is 5.85. The predicted octanol–water partition coefficient (Wildman–Crippen LogP) is 3.44. The molecule has 0 aliphatic rings.